The molecule has 0 aliphatic rings. The van der Waals surface area contributed by atoms with Crippen molar-refractivity contribution in [2.45, 2.75) is 0 Å². The highest BCUT2D eigenvalue weighted by Gasteiger charge is 2.21. The number of fused-ring (bicyclic) bond motifs is 1. The number of nitrogens with one attached hydrogen (secondary N) is 3. The highest BCUT2D eigenvalue weighted by atomic mass is 79.9. The van der Waals surface area contributed by atoms with Gasteiger partial charge in [-0.2, -0.15) is 0 Å². The van der Waals surface area contributed by atoms with Crippen molar-refractivity contribution >= 4 is 67.5 Å². The van der Waals surface area contributed by atoms with Gasteiger partial charge in [0.05, 0.1) is 16.2 Å². The second-order valence-electron chi connectivity index (χ2n) is 6.90. The smallest absolute Gasteiger partial charge is 0.321 e. The molecule has 7 nitrogen and oxygen atoms in total. The van der Waals surface area contributed by atoms with E-state index in [9.17, 15) is 18.8 Å². The fourth-order valence-corrected chi connectivity index (χ4v) is 3.66. The van der Waals surface area contributed by atoms with Gasteiger partial charge in [-0.25, -0.2) is 9.07 Å². The van der Waals surface area contributed by atoms with Crippen LogP contribution in [0.3, 0.4) is 0 Å². The molecule has 3 aromatic carbocycles. The third-order valence-electron chi connectivity index (χ3n) is 4.64. The van der Waals surface area contributed by atoms with Crippen LogP contribution < -0.4 is 16.1 Å². The van der Waals surface area contributed by atoms with Crippen molar-refractivity contribution in [2.24, 2.45) is 0 Å². The number of anilines is 2. The highest BCUT2D eigenvalue weighted by Crippen LogP contribution is 2.24. The molecule has 4 aromatic rings. The van der Waals surface area contributed by atoms with E-state index in [4.69, 9.17) is 11.6 Å². The molecule has 166 valence electrons. The maximum absolute atomic E-state index is 13.2. The normalized spacial score (nSPS) is 10.6. The van der Waals surface area contributed by atoms with Gasteiger partial charge in [-0.3, -0.25) is 19.8 Å². The quantitative estimate of drug-likeness (QED) is 0.319. The number of benzene rings is 3. The predicted molar refractivity (Wildman–Crippen MR) is 128 cm³/mol. The van der Waals surface area contributed by atoms with Gasteiger partial charge in [-0.05, 0) is 60.7 Å². The van der Waals surface area contributed by atoms with Gasteiger partial charge >= 0.3 is 11.8 Å². The van der Waals surface area contributed by atoms with Crippen LogP contribution in [0.15, 0.2) is 77.3 Å². The Morgan fingerprint density at radius 1 is 0.879 bits per heavy atom. The van der Waals surface area contributed by atoms with Gasteiger partial charge < -0.3 is 10.6 Å². The Bertz CT molecular complexity index is 1390. The molecule has 1 aromatic heterocycles. The average Bonchev–Trinajstić information content (AvgIpc) is 3.14. The topological polar surface area (TPSA) is 92.2 Å². The Kier molecular flexibility index (Phi) is 6.43. The van der Waals surface area contributed by atoms with E-state index in [-0.39, 0.29) is 16.4 Å². The van der Waals surface area contributed by atoms with Crippen molar-refractivity contribution in [1.82, 2.24) is 4.68 Å². The van der Waals surface area contributed by atoms with Crippen molar-refractivity contribution in [3.05, 3.63) is 93.8 Å². The number of aromatic nitrogens is 1. The Balaban J connectivity index is 1.63. The van der Waals surface area contributed by atoms with Gasteiger partial charge in [0, 0.05) is 15.5 Å². The fraction of sp³-hybridized carbons (Fsp3) is 0. The van der Waals surface area contributed by atoms with Crippen molar-refractivity contribution in [3.63, 3.8) is 0 Å². The third kappa shape index (κ3) is 5.05. The summed E-state index contributed by atoms with van der Waals surface area (Å²) in [5, 5.41) is 5.99. The number of carbonyl (C=O) groups excluding carboxylic acids is 3. The lowest BCUT2D eigenvalue weighted by Gasteiger charge is -2.13. The zero-order valence-corrected chi connectivity index (χ0v) is 19.1. The van der Waals surface area contributed by atoms with Crippen LogP contribution in [-0.4, -0.2) is 22.4 Å². The van der Waals surface area contributed by atoms with Gasteiger partial charge in [0.2, 0.25) is 0 Å². The molecule has 1 heterocycles. The van der Waals surface area contributed by atoms with E-state index in [1.54, 1.807) is 48.5 Å². The molecule has 0 saturated carbocycles. The first-order valence-electron chi connectivity index (χ1n) is 9.56. The molecule has 0 bridgehead atoms. The summed E-state index contributed by atoms with van der Waals surface area (Å²) in [7, 11) is 0. The zero-order chi connectivity index (χ0) is 23.5. The Morgan fingerprint density at radius 2 is 1.61 bits per heavy atom. The first kappa shape index (κ1) is 22.5. The Hall–Kier alpha value is -3.69. The van der Waals surface area contributed by atoms with Crippen molar-refractivity contribution in [3.8, 4) is 0 Å². The molecule has 0 fully saturated rings. The van der Waals surface area contributed by atoms with Gasteiger partial charge in [-0.15, -0.1) is 0 Å². The van der Waals surface area contributed by atoms with Crippen LogP contribution in [0.25, 0.3) is 10.9 Å². The molecule has 3 amide bonds. The summed E-state index contributed by atoms with van der Waals surface area (Å²) in [4.78, 5) is 38.0. The number of para-hydroxylation sites is 1. The summed E-state index contributed by atoms with van der Waals surface area (Å²) < 4.78 is 15.2. The number of hydrogen-bond acceptors (Lipinski definition) is 3. The standard InChI is InChI=1S/C23H15BrClFN4O3/c24-14-5-10-19-13(11-14)12-20(21(31)27-16-8-6-15(26)7-9-16)30(19)29-23(33)22(32)28-18-4-2-1-3-17(18)25/h1-12H,(H,27,31)(H,28,32)(H,29,33). The molecule has 0 aliphatic heterocycles. The number of nitrogens with zero attached hydrogens (tertiary/aromatic N) is 1. The van der Waals surface area contributed by atoms with E-state index in [1.165, 1.54) is 28.9 Å². The molecule has 10 heteroatoms. The lowest BCUT2D eigenvalue weighted by molar-refractivity contribution is -0.133. The molecular weight excluding hydrogens is 515 g/mol. The largest absolute Gasteiger partial charge is 0.328 e. The maximum atomic E-state index is 13.2. The summed E-state index contributed by atoms with van der Waals surface area (Å²) in [5.41, 5.74) is 3.64. The van der Waals surface area contributed by atoms with E-state index in [2.05, 4.69) is 32.0 Å². The van der Waals surface area contributed by atoms with Gasteiger partial charge in [-0.1, -0.05) is 39.7 Å². The van der Waals surface area contributed by atoms with E-state index in [0.29, 0.717) is 16.6 Å². The summed E-state index contributed by atoms with van der Waals surface area (Å²) >= 11 is 9.40. The fourth-order valence-electron chi connectivity index (χ4n) is 3.10. The average molecular weight is 530 g/mol. The molecule has 4 rings (SSSR count). The molecule has 3 N–H and O–H groups in total. The van der Waals surface area contributed by atoms with Crippen LogP contribution >= 0.6 is 27.5 Å². The van der Waals surface area contributed by atoms with Gasteiger partial charge in [0.1, 0.15) is 11.5 Å². The van der Waals surface area contributed by atoms with E-state index in [1.807, 2.05) is 0 Å². The number of rotatable bonds is 4. The number of halogens is 3. The monoisotopic (exact) mass is 528 g/mol. The summed E-state index contributed by atoms with van der Waals surface area (Å²) in [6, 6.07) is 18.5. The van der Waals surface area contributed by atoms with E-state index in [0.717, 1.165) is 4.47 Å². The minimum Gasteiger partial charge on any atom is -0.321 e. The summed E-state index contributed by atoms with van der Waals surface area (Å²) in [6.45, 7) is 0. The van der Waals surface area contributed by atoms with Crippen LogP contribution in [0.1, 0.15) is 10.5 Å². The van der Waals surface area contributed by atoms with Crippen molar-refractivity contribution < 1.29 is 18.8 Å². The maximum Gasteiger partial charge on any atom is 0.328 e. The number of carbonyl (C=O) groups is 3. The number of hydrogen-bond donors (Lipinski definition) is 3. The second kappa shape index (κ2) is 9.43. The van der Waals surface area contributed by atoms with Crippen LogP contribution in [0.4, 0.5) is 15.8 Å². The Labute approximate surface area is 200 Å². The SMILES string of the molecule is O=C(Nc1ccccc1Cl)C(=O)Nn1c(C(=O)Nc2ccc(F)cc2)cc2cc(Br)ccc21. The Morgan fingerprint density at radius 3 is 2.33 bits per heavy atom. The molecule has 0 aliphatic carbocycles. The number of amides is 3. The van der Waals surface area contributed by atoms with Crippen LogP contribution in [0, 0.1) is 5.82 Å². The molecule has 0 radical (unpaired) electrons. The molecule has 33 heavy (non-hydrogen) atoms. The summed E-state index contributed by atoms with van der Waals surface area (Å²) in [6.07, 6.45) is 0. The lowest BCUT2D eigenvalue weighted by Crippen LogP contribution is -2.36. The van der Waals surface area contributed by atoms with Crippen molar-refractivity contribution in [2.75, 3.05) is 16.1 Å². The van der Waals surface area contributed by atoms with Crippen LogP contribution in [0.2, 0.25) is 5.02 Å². The molecular formula is C23H15BrClFN4O3. The first-order valence-corrected chi connectivity index (χ1v) is 10.7. The first-order chi connectivity index (χ1) is 15.8. The summed E-state index contributed by atoms with van der Waals surface area (Å²) in [5.74, 6) is -2.98. The van der Waals surface area contributed by atoms with Crippen molar-refractivity contribution in [1.29, 1.82) is 0 Å². The minimum absolute atomic E-state index is 0.0614. The molecule has 0 atom stereocenters. The molecule has 0 spiro atoms. The third-order valence-corrected chi connectivity index (χ3v) is 5.46. The molecule has 0 saturated heterocycles. The van der Waals surface area contributed by atoms with E-state index >= 15 is 0 Å². The van der Waals surface area contributed by atoms with Crippen LogP contribution in [0.5, 0.6) is 0 Å². The second-order valence-corrected chi connectivity index (χ2v) is 8.23. The van der Waals surface area contributed by atoms with Gasteiger partial charge in [0.15, 0.2) is 0 Å². The van der Waals surface area contributed by atoms with Crippen LogP contribution in [-0.2, 0) is 9.59 Å². The minimum atomic E-state index is -1.01. The lowest BCUT2D eigenvalue weighted by atomic mass is 10.2. The van der Waals surface area contributed by atoms with E-state index < -0.39 is 23.5 Å². The molecule has 0 unspecified atom stereocenters. The highest BCUT2D eigenvalue weighted by molar-refractivity contribution is 9.10. The predicted octanol–water partition coefficient (Wildman–Crippen LogP) is 5.16. The zero-order valence-electron chi connectivity index (χ0n) is 16.7. The van der Waals surface area contributed by atoms with Gasteiger partial charge in [0.25, 0.3) is 5.91 Å².